The molecule has 15 nitrogen and oxygen atoms in total. The van der Waals surface area contributed by atoms with Crippen LogP contribution in [0.5, 0.6) is 0 Å². The number of carbonyl (C=O) groups is 5. The van der Waals surface area contributed by atoms with Gasteiger partial charge in [-0.2, -0.15) is 0 Å². The summed E-state index contributed by atoms with van der Waals surface area (Å²) in [5.74, 6) is -56.6. The fraction of sp³-hybridized carbons (Fsp3) is 0.759. The van der Waals surface area contributed by atoms with Gasteiger partial charge in [0.05, 0.1) is 66.2 Å². The minimum absolute atomic E-state index is 0.0570. The number of allylic oxidation sites excluding steroid dienone is 6. The molecular weight excluding hydrogens is 887 g/mol. The summed E-state index contributed by atoms with van der Waals surface area (Å²) < 4.78 is 525. The number of piperidine rings is 1. The second-order valence-corrected chi connectivity index (χ2v) is 13.6. The standard InChI is InChI=1S/C54H85NO14/c1-32-17-13-12-14-18-33(2)45(64-9)30-41-22-20-37(6)54(63,69-41)51(60)52(61)55-24-16-15-19-42(55)53(62)68-46(35(4)28-40-21-23-44(67-26-25-56)47(29-40)65-10)31-43(57)34(3)27-36(5)48(58)50(66-11)49(59)39(8)38(32)7/h12-14,17-18,27,32,34-35,37-42,44-48,50,56,58,63H,15-16,19-26,28-31H2,1-11H3/b14-12-,17-13+,33-18+,36-27+/t32-,34-,35-,37-,38?,39-,40+,41+,42+,44-,45+,46+,47-,48-,50-,54-/m1/s1/i2D3,9D3,12D,13D,14D,15D2,16D2,17D,18D,19D2,20D2,21D2,22D2,23D2,24D2,25D2,26D2,27D,28D2,29D2,30D2,31D2,32D,34D,35D,37D,38D,39D,40D,41D,42D,44D,45D,46D,47D,48D,50D. The summed E-state index contributed by atoms with van der Waals surface area (Å²) in [5, 5.41) is 35.2. The van der Waals surface area contributed by atoms with Gasteiger partial charge in [-0.1, -0.05) is 77.9 Å². The van der Waals surface area contributed by atoms with Crippen molar-refractivity contribution in [1.82, 2.24) is 4.90 Å². The van der Waals surface area contributed by atoms with Crippen molar-refractivity contribution in [3.05, 3.63) is 47.5 Å². The Balaban J connectivity index is 2.69. The van der Waals surface area contributed by atoms with Gasteiger partial charge in [0.15, 0.2) is 5.78 Å². The molecule has 1 unspecified atom stereocenters. The number of ketones is 3. The molecule has 16 atom stereocenters. The second kappa shape index (κ2) is 27.4. The monoisotopic (exact) mass is 1030 g/mol. The van der Waals surface area contributed by atoms with Crippen molar-refractivity contribution in [1.29, 1.82) is 0 Å². The number of rotatable bonds is 9. The normalized spacial score (nSPS) is 78.5. The van der Waals surface area contributed by atoms with Crippen LogP contribution in [0.25, 0.3) is 0 Å². The highest BCUT2D eigenvalue weighted by molar-refractivity contribution is 6.39. The molecule has 3 fully saturated rings. The van der Waals surface area contributed by atoms with Crippen molar-refractivity contribution >= 4 is 29.2 Å². The van der Waals surface area contributed by atoms with Crippen molar-refractivity contribution in [3.63, 3.8) is 0 Å². The van der Waals surface area contributed by atoms with Gasteiger partial charge in [-0.3, -0.25) is 19.2 Å². The number of methoxy groups -OCH3 is 3. The lowest BCUT2D eigenvalue weighted by Crippen LogP contribution is -2.61. The minimum atomic E-state index is -6.28. The number of hydrogen-bond acceptors (Lipinski definition) is 14. The molecule has 2 bridgehead atoms. The van der Waals surface area contributed by atoms with E-state index in [1.54, 1.807) is 0 Å². The summed E-state index contributed by atoms with van der Waals surface area (Å²) in [7, 11) is -4.70. The number of cyclic esters (lactones) is 1. The predicted molar refractivity (Wildman–Crippen MR) is 261 cm³/mol. The number of aliphatic hydroxyl groups is 3. The predicted octanol–water partition coefficient (Wildman–Crippen LogP) is 6.44. The third kappa shape index (κ3) is 15.3. The van der Waals surface area contributed by atoms with E-state index in [9.17, 15) is 48.2 Å². The molecule has 4 rings (SSSR count). The zero-order valence-electron chi connectivity index (χ0n) is 92.8. The Kier molecular flexibility index (Phi) is 7.12. The maximum atomic E-state index is 16.2. The van der Waals surface area contributed by atoms with Crippen LogP contribution in [-0.2, 0) is 52.4 Å². The topological polar surface area (TPSA) is 205 Å². The highest BCUT2D eigenvalue weighted by Crippen LogP contribution is 2.38. The highest BCUT2D eigenvalue weighted by atomic mass is 16.6. The molecule has 1 amide bonds. The van der Waals surface area contributed by atoms with Crippen LogP contribution in [-0.4, -0.2) is 145 Å². The summed E-state index contributed by atoms with van der Waals surface area (Å²) in [6.45, 7) is -20.4. The summed E-state index contributed by atoms with van der Waals surface area (Å²) >= 11 is 0. The van der Waals surface area contributed by atoms with Crippen molar-refractivity contribution in [2.75, 3.05) is 40.9 Å². The van der Waals surface area contributed by atoms with E-state index < -0.39 is 288 Å². The highest BCUT2D eigenvalue weighted by Gasteiger charge is 2.53. The maximum absolute atomic E-state index is 16.2. The summed E-state index contributed by atoms with van der Waals surface area (Å²) in [4.78, 5) is 76.5. The van der Waals surface area contributed by atoms with Crippen LogP contribution < -0.4 is 0 Å². The Morgan fingerprint density at radius 3 is 2.42 bits per heavy atom. The van der Waals surface area contributed by atoms with Gasteiger partial charge in [0.1, 0.15) is 30.0 Å². The number of ether oxygens (including phenoxy) is 6. The van der Waals surface area contributed by atoms with Crippen LogP contribution in [0.2, 0.25) is 0 Å². The Morgan fingerprint density at radius 1 is 0.986 bits per heavy atom. The third-order valence-corrected chi connectivity index (χ3v) is 9.16. The summed E-state index contributed by atoms with van der Waals surface area (Å²) in [6.07, 6.45) is -99.1. The molecule has 2 saturated heterocycles. The van der Waals surface area contributed by atoms with Gasteiger partial charge in [-0.25, -0.2) is 4.79 Å². The van der Waals surface area contributed by atoms with Gasteiger partial charge in [0.25, 0.3) is 11.7 Å². The van der Waals surface area contributed by atoms with Crippen LogP contribution in [0.4, 0.5) is 0 Å². The molecule has 4 aliphatic rings. The number of carbonyl (C=O) groups excluding carboxylic acids is 5. The zero-order chi connectivity index (χ0) is 100. The van der Waals surface area contributed by atoms with E-state index in [0.717, 1.165) is 0 Å². The van der Waals surface area contributed by atoms with Crippen LogP contribution in [0.15, 0.2) is 47.5 Å². The molecule has 0 radical (unpaired) electrons. The molecule has 3 aliphatic heterocycles. The molecule has 3 N–H and O–H groups in total. The zero-order valence-corrected chi connectivity index (χ0v) is 37.8. The van der Waals surface area contributed by atoms with Crippen LogP contribution in [0, 0.1) is 41.3 Å². The van der Waals surface area contributed by atoms with E-state index in [1.165, 1.54) is 0 Å². The van der Waals surface area contributed by atoms with Crippen molar-refractivity contribution in [2.45, 2.75) is 180 Å². The summed E-state index contributed by atoms with van der Waals surface area (Å²) in [5.41, 5.74) is -4.95. The van der Waals surface area contributed by atoms with Crippen LogP contribution >= 0.6 is 0 Å². The van der Waals surface area contributed by atoms with Gasteiger partial charge >= 0.3 is 5.97 Å². The third-order valence-electron chi connectivity index (χ3n) is 9.16. The largest absolute Gasteiger partial charge is 0.460 e. The molecule has 390 valence electrons. The first-order valence-corrected chi connectivity index (χ1v) is 19.2. The molecule has 1 saturated carbocycles. The van der Waals surface area contributed by atoms with Gasteiger partial charge in [-0.05, 0) is 106 Å². The second-order valence-electron chi connectivity index (χ2n) is 13.6. The Hall–Kier alpha value is -3.41. The van der Waals surface area contributed by atoms with Gasteiger partial charge in [0.2, 0.25) is 5.79 Å². The molecule has 0 aromatic heterocycles. The molecule has 0 aromatic rings. The van der Waals surface area contributed by atoms with Crippen LogP contribution in [0.1, 0.15) is 201 Å². The van der Waals surface area contributed by atoms with Crippen molar-refractivity contribution in [2.24, 2.45) is 41.3 Å². The molecule has 3 heterocycles. The fourth-order valence-electron chi connectivity index (χ4n) is 5.22. The Labute approximate surface area is 488 Å². The molecule has 69 heavy (non-hydrogen) atoms. The lowest BCUT2D eigenvalue weighted by Gasteiger charge is -2.42. The van der Waals surface area contributed by atoms with E-state index in [4.69, 9.17) is 61.4 Å². The SMILES string of the molecule is [2H]C1=C([2H])/C([2H])=C(\C([2H])([2H])[2H])[C@@]([2H])(OC([2H])([2H])[2H])C([2H])([2H])[C@@]2([2H])O[C@@](O)(C(=O)C(=O)N3C([2H])([2H])C([2H])([2H])C([2H])([2H])C([2H])([2H])[C@@]3([2H])C(=O)O[C@]([2H])([C@]([2H])(C)C([2H])([2H])[C@]3([2H])C([2H])([2H])C([2H])([2H])[C@@]([2H])(OC([2H])([2H])C([2H])([2H])O)[C@]([2H])(OC)C3([2H])[2H])C([2H])([2H])C(=O)[C@]([2H])(C)/C([2H])=C(\C)[C@@]([2H])(O)[C@@]([2H])(OC)C(=O)[C@]([2H])(C)C([2H])(C)[C@]([2H])(C)\C([2H])=C\1[2H])[C@]([2H])(C)C([2H])([2H])C2([2H])[2H]. The van der Waals surface area contributed by atoms with Crippen molar-refractivity contribution in [3.8, 4) is 0 Å². The number of Topliss-reactive ketones (excluding diaryl/α,β-unsaturated/α-hetero) is 3. The van der Waals surface area contributed by atoms with Gasteiger partial charge in [0, 0.05) is 105 Å². The average molecular weight is 1030 g/mol. The number of hydrogen-bond donors (Lipinski definition) is 3. The average Bonchev–Trinajstić information content (AvgIpc) is 0.640. The summed E-state index contributed by atoms with van der Waals surface area (Å²) in [6, 6.07) is -20.0. The molecule has 0 spiro atoms. The van der Waals surface area contributed by atoms with E-state index in [2.05, 4.69) is 9.47 Å². The van der Waals surface area contributed by atoms with E-state index in [-0.39, 0.29) is 55.8 Å². The smallest absolute Gasteiger partial charge is 0.329 e. The number of nitrogens with zero attached hydrogens (tertiary/aromatic N) is 1. The Bertz CT molecular complexity index is 4480. The van der Waals surface area contributed by atoms with Crippen molar-refractivity contribution < 1.29 is 143 Å². The Morgan fingerprint density at radius 2 is 1.74 bits per heavy atom. The first-order chi connectivity index (χ1) is 53.4. The first kappa shape index (κ1) is 17.9. The van der Waals surface area contributed by atoms with E-state index in [0.29, 0.717) is 0 Å². The minimum Gasteiger partial charge on any atom is -0.460 e. The fourth-order valence-corrected chi connectivity index (χ4v) is 5.22. The quantitative estimate of drug-likeness (QED) is 0.129. The molecular formula is C54H85NO14. The van der Waals surface area contributed by atoms with Crippen LogP contribution in [0.3, 0.4) is 0 Å². The molecule has 0 aromatic carbocycles. The lowest BCUT2D eigenvalue weighted by atomic mass is 9.78. The van der Waals surface area contributed by atoms with E-state index >= 15 is 24.0 Å². The molecule has 15 heteroatoms. The molecule has 1 aliphatic carbocycles. The maximum Gasteiger partial charge on any atom is 0.329 e. The first-order valence-electron chi connectivity index (χ1n) is 46.7. The van der Waals surface area contributed by atoms with Gasteiger partial charge in [-0.15, -0.1) is 0 Å². The number of amides is 1. The lowest BCUT2D eigenvalue weighted by molar-refractivity contribution is -0.265. The van der Waals surface area contributed by atoms with E-state index in [1.807, 2.05) is 0 Å². The van der Waals surface area contributed by atoms with Gasteiger partial charge < -0.3 is 48.6 Å². The number of fused-ring (bicyclic) bond motifs is 3. The number of esters is 1.